The Morgan fingerprint density at radius 2 is 1.72 bits per heavy atom. The van der Waals surface area contributed by atoms with Crippen molar-refractivity contribution in [3.8, 4) is 0 Å². The second-order valence-electron chi connectivity index (χ2n) is 7.28. The number of fused-ring (bicyclic) bond motifs is 1. The molecule has 0 unspecified atom stereocenters. The molecular weight excluding hydrogens is 376 g/mol. The van der Waals surface area contributed by atoms with Crippen LogP contribution in [0.5, 0.6) is 0 Å². The Morgan fingerprint density at radius 1 is 1.00 bits per heavy atom. The molecule has 3 aromatic rings. The summed E-state index contributed by atoms with van der Waals surface area (Å²) in [4.78, 5) is 10.4. The highest BCUT2D eigenvalue weighted by molar-refractivity contribution is 5.91. The Bertz CT molecular complexity index is 1020. The van der Waals surface area contributed by atoms with E-state index < -0.39 is 11.6 Å². The minimum Gasteiger partial charge on any atom is -0.383 e. The van der Waals surface area contributed by atoms with Gasteiger partial charge in [0.25, 0.3) is 0 Å². The van der Waals surface area contributed by atoms with Gasteiger partial charge in [-0.05, 0) is 30.5 Å². The number of rotatable bonds is 5. The van der Waals surface area contributed by atoms with Crippen LogP contribution in [-0.4, -0.2) is 34.1 Å². The Hall–Kier alpha value is -2.84. The lowest BCUT2D eigenvalue weighted by Crippen LogP contribution is -2.36. The molecule has 8 heteroatoms. The number of hydrogen-bond donors (Lipinski definition) is 2. The molecule has 0 radical (unpaired) electrons. The van der Waals surface area contributed by atoms with Gasteiger partial charge in [-0.3, -0.25) is 4.90 Å². The Labute approximate surface area is 167 Å². The van der Waals surface area contributed by atoms with E-state index in [-0.39, 0.29) is 12.1 Å². The molecule has 1 fully saturated rings. The van der Waals surface area contributed by atoms with E-state index in [1.54, 1.807) is 6.07 Å². The van der Waals surface area contributed by atoms with Gasteiger partial charge in [0, 0.05) is 30.6 Å². The number of anilines is 2. The summed E-state index contributed by atoms with van der Waals surface area (Å²) in [5.74, 6) is -1.07. The van der Waals surface area contributed by atoms with Crippen molar-refractivity contribution in [3.05, 3.63) is 59.2 Å². The molecule has 6 nitrogen and oxygen atoms in total. The molecule has 0 amide bonds. The zero-order chi connectivity index (χ0) is 20.4. The summed E-state index contributed by atoms with van der Waals surface area (Å²) in [5, 5.41) is 0.765. The maximum atomic E-state index is 13.9. The van der Waals surface area contributed by atoms with E-state index in [2.05, 4.69) is 14.9 Å². The number of nitrogen functional groups attached to an aromatic ring is 2. The molecule has 1 aromatic heterocycles. The normalized spacial score (nSPS) is 15.8. The van der Waals surface area contributed by atoms with Gasteiger partial charge in [-0.1, -0.05) is 24.3 Å². The van der Waals surface area contributed by atoms with Crippen molar-refractivity contribution < 1.29 is 13.5 Å². The number of hydrogen-bond acceptors (Lipinski definition) is 6. The second kappa shape index (κ2) is 8.26. The largest absolute Gasteiger partial charge is 0.383 e. The van der Waals surface area contributed by atoms with Crippen LogP contribution in [0.4, 0.5) is 20.5 Å². The fourth-order valence-electron chi connectivity index (χ4n) is 3.78. The van der Waals surface area contributed by atoms with E-state index in [0.29, 0.717) is 30.0 Å². The third kappa shape index (κ3) is 4.28. The topological polar surface area (TPSA) is 90.3 Å². The third-order valence-electron chi connectivity index (χ3n) is 5.29. The molecule has 152 valence electrons. The molecule has 0 atom stereocenters. The number of halogens is 2. The van der Waals surface area contributed by atoms with Crippen LogP contribution in [0.1, 0.15) is 24.0 Å². The van der Waals surface area contributed by atoms with Crippen LogP contribution < -0.4 is 11.5 Å². The molecule has 0 bridgehead atoms. The van der Waals surface area contributed by atoms with Crippen molar-refractivity contribution in [2.24, 2.45) is 0 Å². The highest BCUT2D eigenvalue weighted by Gasteiger charge is 2.21. The maximum Gasteiger partial charge on any atom is 0.222 e. The Morgan fingerprint density at radius 3 is 2.52 bits per heavy atom. The molecular formula is C21H23F2N5O. The summed E-state index contributed by atoms with van der Waals surface area (Å²) in [6, 6.07) is 9.98. The molecule has 4 rings (SSSR count). The summed E-state index contributed by atoms with van der Waals surface area (Å²) in [6.07, 6.45) is 1.73. The predicted molar refractivity (Wildman–Crippen MR) is 108 cm³/mol. The van der Waals surface area contributed by atoms with E-state index in [0.717, 1.165) is 42.9 Å². The Kier molecular flexibility index (Phi) is 5.55. The lowest BCUT2D eigenvalue weighted by molar-refractivity contribution is -0.00368. The van der Waals surface area contributed by atoms with E-state index in [9.17, 15) is 8.78 Å². The van der Waals surface area contributed by atoms with E-state index >= 15 is 0 Å². The van der Waals surface area contributed by atoms with Gasteiger partial charge in [0.15, 0.2) is 11.6 Å². The fourth-order valence-corrected chi connectivity index (χ4v) is 3.78. The van der Waals surface area contributed by atoms with E-state index in [4.69, 9.17) is 16.2 Å². The van der Waals surface area contributed by atoms with E-state index in [1.165, 1.54) is 6.07 Å². The summed E-state index contributed by atoms with van der Waals surface area (Å²) in [5.41, 5.74) is 13.7. The average molecular weight is 399 g/mol. The van der Waals surface area contributed by atoms with Crippen molar-refractivity contribution in [3.63, 3.8) is 0 Å². The van der Waals surface area contributed by atoms with Crippen molar-refractivity contribution in [1.29, 1.82) is 0 Å². The zero-order valence-electron chi connectivity index (χ0n) is 15.9. The number of benzene rings is 2. The summed E-state index contributed by atoms with van der Waals surface area (Å²) >= 11 is 0. The number of likely N-dealkylation sites (tertiary alicyclic amines) is 1. The van der Waals surface area contributed by atoms with Crippen LogP contribution in [0.25, 0.3) is 10.9 Å². The SMILES string of the molecule is Nc1nc(N)c2c(COC3CCN(Cc4cccc(F)c4F)CC3)cccc2n1. The first kappa shape index (κ1) is 19.5. The van der Waals surface area contributed by atoms with Gasteiger partial charge >= 0.3 is 0 Å². The molecule has 0 spiro atoms. The molecule has 2 aromatic carbocycles. The molecule has 1 aliphatic rings. The van der Waals surface area contributed by atoms with Gasteiger partial charge in [0.1, 0.15) is 5.82 Å². The first-order chi connectivity index (χ1) is 14.0. The monoisotopic (exact) mass is 399 g/mol. The van der Waals surface area contributed by atoms with Crippen LogP contribution in [0, 0.1) is 11.6 Å². The number of nitrogens with zero attached hydrogens (tertiary/aromatic N) is 3. The molecule has 1 saturated heterocycles. The first-order valence-corrected chi connectivity index (χ1v) is 9.58. The second-order valence-corrected chi connectivity index (χ2v) is 7.28. The fraction of sp³-hybridized carbons (Fsp3) is 0.333. The van der Waals surface area contributed by atoms with E-state index in [1.807, 2.05) is 18.2 Å². The van der Waals surface area contributed by atoms with Gasteiger partial charge in [0.05, 0.1) is 18.2 Å². The van der Waals surface area contributed by atoms with Crippen molar-refractivity contribution >= 4 is 22.7 Å². The number of nitrogens with two attached hydrogens (primary N) is 2. The van der Waals surface area contributed by atoms with Crippen LogP contribution in [0.2, 0.25) is 0 Å². The minimum absolute atomic E-state index is 0.0924. The molecule has 2 heterocycles. The van der Waals surface area contributed by atoms with Gasteiger partial charge < -0.3 is 16.2 Å². The lowest BCUT2D eigenvalue weighted by atomic mass is 10.1. The quantitative estimate of drug-likeness (QED) is 0.685. The van der Waals surface area contributed by atoms with Gasteiger partial charge in [-0.25, -0.2) is 13.8 Å². The smallest absolute Gasteiger partial charge is 0.222 e. The predicted octanol–water partition coefficient (Wildman–Crippen LogP) is 3.25. The summed E-state index contributed by atoms with van der Waals surface area (Å²) in [6.45, 7) is 2.32. The van der Waals surface area contributed by atoms with Crippen molar-refractivity contribution in [2.45, 2.75) is 32.1 Å². The van der Waals surface area contributed by atoms with Crippen LogP contribution >= 0.6 is 0 Å². The molecule has 0 aliphatic carbocycles. The highest BCUT2D eigenvalue weighted by Crippen LogP contribution is 2.25. The van der Waals surface area contributed by atoms with Crippen molar-refractivity contribution in [2.75, 3.05) is 24.6 Å². The molecule has 4 N–H and O–H groups in total. The first-order valence-electron chi connectivity index (χ1n) is 9.58. The van der Waals surface area contributed by atoms with Crippen LogP contribution in [0.3, 0.4) is 0 Å². The molecule has 29 heavy (non-hydrogen) atoms. The highest BCUT2D eigenvalue weighted by atomic mass is 19.2. The van der Waals surface area contributed by atoms with Gasteiger partial charge in [0.2, 0.25) is 5.95 Å². The summed E-state index contributed by atoms with van der Waals surface area (Å²) < 4.78 is 33.4. The number of ether oxygens (including phenoxy) is 1. The number of aromatic nitrogens is 2. The third-order valence-corrected chi connectivity index (χ3v) is 5.29. The standard InChI is InChI=1S/C21H23F2N5O/c22-16-5-1-3-13(19(16)23)11-28-9-7-15(8-10-28)29-12-14-4-2-6-17-18(14)20(24)27-21(25)26-17/h1-6,15H,7-12H2,(H4,24,25,26,27). The minimum atomic E-state index is -0.805. The molecule has 1 aliphatic heterocycles. The van der Waals surface area contributed by atoms with Gasteiger partial charge in [-0.2, -0.15) is 4.98 Å². The zero-order valence-corrected chi connectivity index (χ0v) is 15.9. The average Bonchev–Trinajstić information content (AvgIpc) is 2.70. The van der Waals surface area contributed by atoms with Crippen LogP contribution in [0.15, 0.2) is 36.4 Å². The lowest BCUT2D eigenvalue weighted by Gasteiger charge is -2.32. The number of piperidine rings is 1. The molecule has 0 saturated carbocycles. The Balaban J connectivity index is 1.35. The van der Waals surface area contributed by atoms with Gasteiger partial charge in [-0.15, -0.1) is 0 Å². The van der Waals surface area contributed by atoms with Crippen LogP contribution in [-0.2, 0) is 17.9 Å². The van der Waals surface area contributed by atoms with Crippen molar-refractivity contribution in [1.82, 2.24) is 14.9 Å². The maximum absolute atomic E-state index is 13.9. The summed E-state index contributed by atoms with van der Waals surface area (Å²) in [7, 11) is 0.